The van der Waals surface area contributed by atoms with Crippen LogP contribution in [0.15, 0.2) is 24.3 Å². The number of likely N-dealkylation sites (N-methyl/N-ethyl adjacent to an activating group) is 1. The van der Waals surface area contributed by atoms with E-state index in [1.54, 1.807) is 0 Å². The summed E-state index contributed by atoms with van der Waals surface area (Å²) in [5.74, 6) is 0.197. The van der Waals surface area contributed by atoms with Crippen LogP contribution < -0.4 is 5.32 Å². The van der Waals surface area contributed by atoms with E-state index in [9.17, 15) is 4.79 Å². The summed E-state index contributed by atoms with van der Waals surface area (Å²) in [6, 6.07) is 7.98. The zero-order valence-electron chi connectivity index (χ0n) is 12.1. The molecule has 1 aromatic carbocycles. The number of piperazine rings is 1. The van der Waals surface area contributed by atoms with E-state index in [1.165, 1.54) is 0 Å². The lowest BCUT2D eigenvalue weighted by atomic mass is 10.1. The van der Waals surface area contributed by atoms with Gasteiger partial charge in [-0.15, -0.1) is 0 Å². The Balaban J connectivity index is 1.93. The molecular formula is C15H22ClN3O. The molecule has 0 saturated carbocycles. The Morgan fingerprint density at radius 3 is 2.80 bits per heavy atom. The molecule has 1 unspecified atom stereocenters. The van der Waals surface area contributed by atoms with Gasteiger partial charge in [0.1, 0.15) is 0 Å². The van der Waals surface area contributed by atoms with Gasteiger partial charge in [-0.2, -0.15) is 0 Å². The van der Waals surface area contributed by atoms with Crippen molar-refractivity contribution < 1.29 is 4.79 Å². The second kappa shape index (κ2) is 7.07. The summed E-state index contributed by atoms with van der Waals surface area (Å²) in [4.78, 5) is 16.2. The van der Waals surface area contributed by atoms with Crippen LogP contribution in [0.25, 0.3) is 0 Å². The van der Waals surface area contributed by atoms with Crippen LogP contribution in [0.4, 0.5) is 0 Å². The third-order valence-electron chi connectivity index (χ3n) is 3.85. The lowest BCUT2D eigenvalue weighted by molar-refractivity contribution is -0.133. The number of carbonyl (C=O) groups excluding carboxylic acids is 1. The molecule has 0 aromatic heterocycles. The molecule has 1 amide bonds. The van der Waals surface area contributed by atoms with Crippen LogP contribution in [0, 0.1) is 0 Å². The Kier molecular flexibility index (Phi) is 5.40. The van der Waals surface area contributed by atoms with Crippen molar-refractivity contribution in [1.29, 1.82) is 0 Å². The molecule has 5 heteroatoms. The van der Waals surface area contributed by atoms with Crippen molar-refractivity contribution >= 4 is 17.5 Å². The van der Waals surface area contributed by atoms with Crippen LogP contribution in [0.2, 0.25) is 5.02 Å². The highest BCUT2D eigenvalue weighted by Crippen LogP contribution is 2.21. The minimum absolute atomic E-state index is 0.167. The van der Waals surface area contributed by atoms with E-state index >= 15 is 0 Å². The van der Waals surface area contributed by atoms with Crippen molar-refractivity contribution in [3.05, 3.63) is 34.9 Å². The first-order valence-electron chi connectivity index (χ1n) is 7.02. The van der Waals surface area contributed by atoms with E-state index < -0.39 is 0 Å². The van der Waals surface area contributed by atoms with E-state index in [4.69, 9.17) is 11.6 Å². The molecular weight excluding hydrogens is 274 g/mol. The number of nitrogens with one attached hydrogen (secondary N) is 1. The molecule has 20 heavy (non-hydrogen) atoms. The van der Waals surface area contributed by atoms with E-state index in [2.05, 4.69) is 17.1 Å². The van der Waals surface area contributed by atoms with Gasteiger partial charge < -0.3 is 10.2 Å². The predicted octanol–water partition coefficient (Wildman–Crippen LogP) is 1.76. The van der Waals surface area contributed by atoms with Crippen molar-refractivity contribution in [1.82, 2.24) is 15.1 Å². The van der Waals surface area contributed by atoms with Gasteiger partial charge in [0, 0.05) is 37.2 Å². The number of amides is 1. The van der Waals surface area contributed by atoms with E-state index in [1.807, 2.05) is 36.2 Å². The van der Waals surface area contributed by atoms with Gasteiger partial charge in [0.25, 0.3) is 0 Å². The Labute approximate surface area is 125 Å². The van der Waals surface area contributed by atoms with Gasteiger partial charge in [-0.3, -0.25) is 9.69 Å². The summed E-state index contributed by atoms with van der Waals surface area (Å²) >= 11 is 6.02. The lowest BCUT2D eigenvalue weighted by Gasteiger charge is -2.31. The highest BCUT2D eigenvalue weighted by Gasteiger charge is 2.20. The maximum absolute atomic E-state index is 12.2. The third kappa shape index (κ3) is 3.95. The maximum atomic E-state index is 12.2. The summed E-state index contributed by atoms with van der Waals surface area (Å²) in [6.45, 7) is 5.92. The zero-order valence-corrected chi connectivity index (χ0v) is 12.9. The number of halogens is 1. The van der Waals surface area contributed by atoms with E-state index in [0.29, 0.717) is 6.54 Å². The highest BCUT2D eigenvalue weighted by atomic mass is 35.5. The number of carbonyl (C=O) groups is 1. The summed E-state index contributed by atoms with van der Waals surface area (Å²) < 4.78 is 0. The van der Waals surface area contributed by atoms with Gasteiger partial charge in [-0.1, -0.05) is 23.7 Å². The summed E-state index contributed by atoms with van der Waals surface area (Å²) in [7, 11) is 1.98. The molecule has 0 bridgehead atoms. The van der Waals surface area contributed by atoms with Gasteiger partial charge in [0.15, 0.2) is 0 Å². The number of benzene rings is 1. The van der Waals surface area contributed by atoms with Gasteiger partial charge >= 0.3 is 0 Å². The molecule has 1 aliphatic rings. The first-order chi connectivity index (χ1) is 9.58. The van der Waals surface area contributed by atoms with Crippen LogP contribution in [-0.2, 0) is 4.79 Å². The minimum atomic E-state index is 0.167. The quantitative estimate of drug-likeness (QED) is 0.919. The van der Waals surface area contributed by atoms with E-state index in [0.717, 1.165) is 36.8 Å². The summed E-state index contributed by atoms with van der Waals surface area (Å²) in [5.41, 5.74) is 1.13. The van der Waals surface area contributed by atoms with Crippen LogP contribution in [0.5, 0.6) is 0 Å². The molecule has 0 spiro atoms. The Morgan fingerprint density at radius 1 is 1.45 bits per heavy atom. The number of rotatable bonds is 4. The first kappa shape index (κ1) is 15.3. The fourth-order valence-electron chi connectivity index (χ4n) is 2.39. The molecule has 1 fully saturated rings. The van der Waals surface area contributed by atoms with Crippen molar-refractivity contribution in [2.75, 3.05) is 39.8 Å². The van der Waals surface area contributed by atoms with Crippen molar-refractivity contribution in [3.8, 4) is 0 Å². The number of hydrogen-bond donors (Lipinski definition) is 1. The Hall–Kier alpha value is -1.10. The molecule has 1 heterocycles. The topological polar surface area (TPSA) is 35.6 Å². The average molecular weight is 296 g/mol. The monoisotopic (exact) mass is 295 g/mol. The third-order valence-corrected chi connectivity index (χ3v) is 4.08. The Bertz CT molecular complexity index is 460. The van der Waals surface area contributed by atoms with Crippen molar-refractivity contribution in [2.24, 2.45) is 0 Å². The zero-order chi connectivity index (χ0) is 14.5. The second-order valence-corrected chi connectivity index (χ2v) is 5.71. The largest absolute Gasteiger partial charge is 0.339 e. The molecule has 110 valence electrons. The van der Waals surface area contributed by atoms with Crippen LogP contribution in [-0.4, -0.2) is 55.5 Å². The fourth-order valence-corrected chi connectivity index (χ4v) is 2.58. The predicted molar refractivity (Wildman–Crippen MR) is 81.9 cm³/mol. The second-order valence-electron chi connectivity index (χ2n) is 5.28. The highest BCUT2D eigenvalue weighted by molar-refractivity contribution is 6.30. The summed E-state index contributed by atoms with van der Waals surface area (Å²) in [5, 5.41) is 3.99. The van der Waals surface area contributed by atoms with Crippen LogP contribution in [0.3, 0.4) is 0 Å². The molecule has 2 rings (SSSR count). The maximum Gasteiger partial charge on any atom is 0.236 e. The van der Waals surface area contributed by atoms with Gasteiger partial charge in [0.05, 0.1) is 6.54 Å². The average Bonchev–Trinajstić information content (AvgIpc) is 2.47. The van der Waals surface area contributed by atoms with Crippen LogP contribution >= 0.6 is 11.6 Å². The molecule has 1 atom stereocenters. The van der Waals surface area contributed by atoms with Gasteiger partial charge in [-0.25, -0.2) is 0 Å². The normalized spacial score (nSPS) is 17.3. The molecule has 0 radical (unpaired) electrons. The minimum Gasteiger partial charge on any atom is -0.339 e. The SMILES string of the molecule is CC(c1cccc(Cl)c1)N(C)CC(=O)N1CCNCC1. The molecule has 1 aliphatic heterocycles. The first-order valence-corrected chi connectivity index (χ1v) is 7.40. The standard InChI is InChI=1S/C15H22ClN3O/c1-12(13-4-3-5-14(16)10-13)18(2)11-15(20)19-8-6-17-7-9-19/h3-5,10,12,17H,6-9,11H2,1-2H3. The van der Waals surface area contributed by atoms with Crippen LogP contribution in [0.1, 0.15) is 18.5 Å². The Morgan fingerprint density at radius 2 is 2.15 bits per heavy atom. The number of hydrogen-bond acceptors (Lipinski definition) is 3. The van der Waals surface area contributed by atoms with Crippen molar-refractivity contribution in [2.45, 2.75) is 13.0 Å². The number of nitrogens with zero attached hydrogens (tertiary/aromatic N) is 2. The summed E-state index contributed by atoms with van der Waals surface area (Å²) in [6.07, 6.45) is 0. The fraction of sp³-hybridized carbons (Fsp3) is 0.533. The molecule has 0 aliphatic carbocycles. The van der Waals surface area contributed by atoms with Gasteiger partial charge in [0.2, 0.25) is 5.91 Å². The lowest BCUT2D eigenvalue weighted by Crippen LogP contribution is -2.49. The smallest absolute Gasteiger partial charge is 0.236 e. The van der Waals surface area contributed by atoms with E-state index in [-0.39, 0.29) is 11.9 Å². The molecule has 1 N–H and O–H groups in total. The van der Waals surface area contributed by atoms with Crippen molar-refractivity contribution in [3.63, 3.8) is 0 Å². The molecule has 1 aromatic rings. The molecule has 1 saturated heterocycles. The molecule has 4 nitrogen and oxygen atoms in total. The van der Waals surface area contributed by atoms with Gasteiger partial charge in [-0.05, 0) is 31.7 Å².